The zero-order valence-electron chi connectivity index (χ0n) is 10.5. The molecule has 0 spiro atoms. The molecule has 0 aromatic heterocycles. The van der Waals surface area contributed by atoms with Gasteiger partial charge in [0.2, 0.25) is 5.91 Å². The van der Waals surface area contributed by atoms with Gasteiger partial charge in [-0.2, -0.15) is 0 Å². The minimum Gasteiger partial charge on any atom is -0.383 e. The second kappa shape index (κ2) is 5.98. The average Bonchev–Trinajstić information content (AvgIpc) is 3.09. The van der Waals surface area contributed by atoms with Crippen molar-refractivity contribution >= 4 is 5.91 Å². The lowest BCUT2D eigenvalue weighted by Crippen LogP contribution is -2.38. The SMILES string of the molecule is CCO[C@H]1C[C@H]1NC(=O)[C@@H](O)Cc1ccccc1. The molecule has 1 aromatic carbocycles. The maximum absolute atomic E-state index is 11.7. The summed E-state index contributed by atoms with van der Waals surface area (Å²) < 4.78 is 5.37. The van der Waals surface area contributed by atoms with Gasteiger partial charge in [-0.1, -0.05) is 30.3 Å². The van der Waals surface area contributed by atoms with Gasteiger partial charge in [0.25, 0.3) is 0 Å². The van der Waals surface area contributed by atoms with E-state index in [1.165, 1.54) is 0 Å². The van der Waals surface area contributed by atoms with Gasteiger partial charge in [0.15, 0.2) is 0 Å². The molecule has 0 aliphatic heterocycles. The highest BCUT2D eigenvalue weighted by molar-refractivity contribution is 5.81. The van der Waals surface area contributed by atoms with Crippen LogP contribution in [0.15, 0.2) is 30.3 Å². The van der Waals surface area contributed by atoms with Crippen LogP contribution in [0.1, 0.15) is 18.9 Å². The number of rotatable bonds is 6. The minimum absolute atomic E-state index is 0.0721. The molecule has 1 amide bonds. The van der Waals surface area contributed by atoms with Gasteiger partial charge in [0, 0.05) is 13.0 Å². The summed E-state index contributed by atoms with van der Waals surface area (Å²) in [5, 5.41) is 12.6. The zero-order chi connectivity index (χ0) is 13.0. The smallest absolute Gasteiger partial charge is 0.249 e. The number of ether oxygens (including phenoxy) is 1. The van der Waals surface area contributed by atoms with Gasteiger partial charge in [-0.25, -0.2) is 0 Å². The maximum Gasteiger partial charge on any atom is 0.249 e. The van der Waals surface area contributed by atoms with Crippen LogP contribution >= 0.6 is 0 Å². The van der Waals surface area contributed by atoms with Gasteiger partial charge < -0.3 is 15.2 Å². The summed E-state index contributed by atoms with van der Waals surface area (Å²) in [5.41, 5.74) is 0.956. The lowest BCUT2D eigenvalue weighted by molar-refractivity contribution is -0.129. The van der Waals surface area contributed by atoms with E-state index in [9.17, 15) is 9.90 Å². The molecular formula is C14H19NO3. The first kappa shape index (κ1) is 13.1. The highest BCUT2D eigenvalue weighted by Crippen LogP contribution is 2.25. The normalized spacial score (nSPS) is 23.4. The third-order valence-corrected chi connectivity index (χ3v) is 3.01. The molecule has 1 fully saturated rings. The number of carbonyl (C=O) groups excluding carboxylic acids is 1. The van der Waals surface area contributed by atoms with Crippen LogP contribution in [-0.4, -0.2) is 35.9 Å². The highest BCUT2D eigenvalue weighted by Gasteiger charge is 2.39. The van der Waals surface area contributed by atoms with Gasteiger partial charge in [-0.15, -0.1) is 0 Å². The Labute approximate surface area is 107 Å². The molecule has 1 aliphatic carbocycles. The molecule has 1 aliphatic rings. The summed E-state index contributed by atoms with van der Waals surface area (Å²) >= 11 is 0. The Balaban J connectivity index is 1.76. The lowest BCUT2D eigenvalue weighted by Gasteiger charge is -2.11. The van der Waals surface area contributed by atoms with E-state index in [1.54, 1.807) is 0 Å². The number of hydrogen-bond acceptors (Lipinski definition) is 3. The molecule has 0 radical (unpaired) electrons. The molecule has 1 aromatic rings. The Hall–Kier alpha value is -1.39. The number of carbonyl (C=O) groups is 1. The van der Waals surface area contributed by atoms with E-state index in [-0.39, 0.29) is 18.1 Å². The molecule has 3 atom stereocenters. The Morgan fingerprint density at radius 3 is 2.89 bits per heavy atom. The molecule has 2 N–H and O–H groups in total. The summed E-state index contributed by atoms with van der Waals surface area (Å²) in [5.74, 6) is -0.314. The van der Waals surface area contributed by atoms with E-state index in [0.717, 1.165) is 12.0 Å². The van der Waals surface area contributed by atoms with Gasteiger partial charge in [0.05, 0.1) is 12.1 Å². The van der Waals surface area contributed by atoms with Crippen LogP contribution in [0.5, 0.6) is 0 Å². The molecule has 4 nitrogen and oxygen atoms in total. The van der Waals surface area contributed by atoms with E-state index >= 15 is 0 Å². The Morgan fingerprint density at radius 1 is 1.50 bits per heavy atom. The number of amides is 1. The Morgan fingerprint density at radius 2 is 2.22 bits per heavy atom. The van der Waals surface area contributed by atoms with Crippen molar-refractivity contribution in [3.63, 3.8) is 0 Å². The van der Waals surface area contributed by atoms with Gasteiger partial charge >= 0.3 is 0 Å². The maximum atomic E-state index is 11.7. The van der Waals surface area contributed by atoms with E-state index < -0.39 is 6.10 Å². The van der Waals surface area contributed by atoms with Crippen molar-refractivity contribution in [1.29, 1.82) is 0 Å². The van der Waals surface area contributed by atoms with Crippen molar-refractivity contribution < 1.29 is 14.6 Å². The van der Waals surface area contributed by atoms with Crippen molar-refractivity contribution in [3.8, 4) is 0 Å². The van der Waals surface area contributed by atoms with Gasteiger partial charge in [-0.3, -0.25) is 4.79 Å². The molecule has 98 valence electrons. The molecule has 1 saturated carbocycles. The fourth-order valence-corrected chi connectivity index (χ4v) is 1.93. The summed E-state index contributed by atoms with van der Waals surface area (Å²) in [6.07, 6.45) is 0.328. The van der Waals surface area contributed by atoms with Crippen molar-refractivity contribution in [3.05, 3.63) is 35.9 Å². The standard InChI is InChI=1S/C14H19NO3/c1-2-18-13-9-11(13)15-14(17)12(16)8-10-6-4-3-5-7-10/h3-7,11-13,16H,2,8-9H2,1H3,(H,15,17)/t11-,12+,13+/m1/s1. The number of aliphatic hydroxyl groups excluding tert-OH is 1. The molecule has 0 heterocycles. The van der Waals surface area contributed by atoms with Gasteiger partial charge in [-0.05, 0) is 18.9 Å². The van der Waals surface area contributed by atoms with Crippen LogP contribution in [0.4, 0.5) is 0 Å². The molecule has 18 heavy (non-hydrogen) atoms. The summed E-state index contributed by atoms with van der Waals surface area (Å²) in [6, 6.07) is 9.57. The topological polar surface area (TPSA) is 58.6 Å². The summed E-state index contributed by atoms with van der Waals surface area (Å²) in [6.45, 7) is 2.59. The van der Waals surface area contributed by atoms with Crippen LogP contribution in [-0.2, 0) is 16.0 Å². The summed E-state index contributed by atoms with van der Waals surface area (Å²) in [4.78, 5) is 11.7. The molecule has 0 saturated heterocycles. The van der Waals surface area contributed by atoms with Crippen molar-refractivity contribution in [2.45, 2.75) is 38.0 Å². The van der Waals surface area contributed by atoms with Crippen molar-refractivity contribution in [2.24, 2.45) is 0 Å². The van der Waals surface area contributed by atoms with Crippen molar-refractivity contribution in [2.75, 3.05) is 6.61 Å². The number of benzene rings is 1. The summed E-state index contributed by atoms with van der Waals surface area (Å²) in [7, 11) is 0. The van der Waals surface area contributed by atoms with E-state index in [2.05, 4.69) is 5.32 Å². The lowest BCUT2D eigenvalue weighted by atomic mass is 10.1. The zero-order valence-corrected chi connectivity index (χ0v) is 10.5. The van der Waals surface area contributed by atoms with Crippen LogP contribution < -0.4 is 5.32 Å². The minimum atomic E-state index is -0.990. The van der Waals surface area contributed by atoms with Crippen LogP contribution in [0.25, 0.3) is 0 Å². The second-order valence-corrected chi connectivity index (χ2v) is 4.55. The van der Waals surface area contributed by atoms with Crippen LogP contribution in [0.3, 0.4) is 0 Å². The molecule has 0 bridgehead atoms. The number of hydrogen-bond donors (Lipinski definition) is 2. The first-order valence-corrected chi connectivity index (χ1v) is 6.34. The highest BCUT2D eigenvalue weighted by atomic mass is 16.5. The number of aliphatic hydroxyl groups is 1. The third kappa shape index (κ3) is 3.55. The fourth-order valence-electron chi connectivity index (χ4n) is 1.93. The fraction of sp³-hybridized carbons (Fsp3) is 0.500. The number of nitrogens with one attached hydrogen (secondary N) is 1. The van der Waals surface area contributed by atoms with Crippen LogP contribution in [0.2, 0.25) is 0 Å². The molecule has 0 unspecified atom stereocenters. The molecule has 2 rings (SSSR count). The second-order valence-electron chi connectivity index (χ2n) is 4.55. The van der Waals surface area contributed by atoms with Gasteiger partial charge in [0.1, 0.15) is 6.10 Å². The molecular weight excluding hydrogens is 230 g/mol. The average molecular weight is 249 g/mol. The Kier molecular flexibility index (Phi) is 4.33. The van der Waals surface area contributed by atoms with Crippen LogP contribution in [0, 0.1) is 0 Å². The first-order chi connectivity index (χ1) is 8.70. The van der Waals surface area contributed by atoms with E-state index in [4.69, 9.17) is 4.74 Å². The quantitative estimate of drug-likeness (QED) is 0.787. The van der Waals surface area contributed by atoms with E-state index in [0.29, 0.717) is 13.0 Å². The van der Waals surface area contributed by atoms with Crippen molar-refractivity contribution in [1.82, 2.24) is 5.32 Å². The monoisotopic (exact) mass is 249 g/mol. The third-order valence-electron chi connectivity index (χ3n) is 3.01. The largest absolute Gasteiger partial charge is 0.383 e. The predicted octanol–water partition coefficient (Wildman–Crippen LogP) is 0.884. The first-order valence-electron chi connectivity index (χ1n) is 6.34. The van der Waals surface area contributed by atoms with E-state index in [1.807, 2.05) is 37.3 Å². The predicted molar refractivity (Wildman–Crippen MR) is 68.1 cm³/mol. The Bertz CT molecular complexity index is 393. The molecule has 4 heteroatoms.